The molecule has 0 radical (unpaired) electrons. The fraction of sp³-hybridized carbons (Fsp3) is 0.551. The maximum Gasteiger partial charge on any atom is 0.332 e. The van der Waals surface area contributed by atoms with Crippen molar-refractivity contribution in [2.75, 3.05) is 0 Å². The van der Waals surface area contributed by atoms with Gasteiger partial charge >= 0.3 is 11.4 Å². The summed E-state index contributed by atoms with van der Waals surface area (Å²) in [6.45, 7) is 0. The Morgan fingerprint density at radius 1 is 0.475 bits per heavy atom. The monoisotopic (exact) mass is 833 g/mol. The first-order valence-corrected chi connectivity index (χ1v) is 22.4. The van der Waals surface area contributed by atoms with Crippen LogP contribution in [-0.2, 0) is 68.0 Å². The van der Waals surface area contributed by atoms with Crippen LogP contribution in [0.3, 0.4) is 0 Å². The van der Waals surface area contributed by atoms with Gasteiger partial charge in [0.05, 0.1) is 0 Å². The number of nitrogens with zero attached hydrogens (tertiary/aromatic N) is 8. The van der Waals surface area contributed by atoms with Crippen molar-refractivity contribution in [3.8, 4) is 0 Å². The van der Waals surface area contributed by atoms with E-state index in [1.165, 1.54) is 113 Å². The smallest absolute Gasteiger partial charge is 0.325 e. The quantitative estimate of drug-likeness (QED) is 0.0918. The molecule has 12 heteroatoms. The van der Waals surface area contributed by atoms with Crippen LogP contribution in [0, 0.1) is 0 Å². The highest BCUT2D eigenvalue weighted by molar-refractivity contribution is 5.71. The van der Waals surface area contributed by atoms with Crippen LogP contribution >= 0.6 is 0 Å². The summed E-state index contributed by atoms with van der Waals surface area (Å²) in [6, 6.07) is 17.8. The van der Waals surface area contributed by atoms with Gasteiger partial charge in [-0.3, -0.25) is 27.9 Å². The van der Waals surface area contributed by atoms with Crippen molar-refractivity contribution in [3.05, 3.63) is 124 Å². The van der Waals surface area contributed by atoms with Crippen LogP contribution in [0.4, 0.5) is 0 Å². The van der Waals surface area contributed by atoms with E-state index in [1.807, 2.05) is 23.2 Å². The highest BCUT2D eigenvalue weighted by atomic mass is 16.2. The molecule has 0 saturated carbocycles. The third kappa shape index (κ3) is 9.48. The summed E-state index contributed by atoms with van der Waals surface area (Å²) in [7, 11) is 10.1. The standard InChI is InChI=1S/2C24H32N4O2.CH4/c2*1-26-20(25-22-21(26)23(29)28(3)24(30)27(22)2)14-8-6-4-5-7-11-17-15-16-18-12-9-10-13-19(17)18;/h2*9-10,12-13,17H,4-8,11,14-16H2,1-3H3;1H4. The normalized spacial score (nSPS) is 15.5. The maximum absolute atomic E-state index is 12.5. The molecule has 2 aliphatic carbocycles. The van der Waals surface area contributed by atoms with Gasteiger partial charge in [0, 0.05) is 55.1 Å². The number of imidazole rings is 2. The van der Waals surface area contributed by atoms with Crippen molar-refractivity contribution in [1.82, 2.24) is 37.4 Å². The molecule has 0 fully saturated rings. The van der Waals surface area contributed by atoms with Crippen molar-refractivity contribution >= 4 is 22.3 Å². The molecule has 2 aliphatic rings. The average molecular weight is 833 g/mol. The van der Waals surface area contributed by atoms with Crippen molar-refractivity contribution in [2.45, 2.75) is 135 Å². The highest BCUT2D eigenvalue weighted by Gasteiger charge is 2.23. The average Bonchev–Trinajstić information content (AvgIpc) is 4.03. The zero-order chi connectivity index (χ0) is 42.5. The van der Waals surface area contributed by atoms with Crippen LogP contribution in [0.2, 0.25) is 0 Å². The number of benzene rings is 2. The molecule has 2 atom stereocenters. The fourth-order valence-corrected chi connectivity index (χ4v) is 9.87. The first-order chi connectivity index (χ1) is 29.0. The summed E-state index contributed by atoms with van der Waals surface area (Å²) < 4.78 is 8.93. The van der Waals surface area contributed by atoms with Gasteiger partial charge in [-0.05, 0) is 85.5 Å². The Morgan fingerprint density at radius 2 is 0.836 bits per heavy atom. The summed E-state index contributed by atoms with van der Waals surface area (Å²) in [5, 5.41) is 0. The molecule has 4 aromatic heterocycles. The molecule has 12 nitrogen and oxygen atoms in total. The molecule has 61 heavy (non-hydrogen) atoms. The minimum atomic E-state index is -0.331. The Bertz CT molecular complexity index is 2520. The lowest BCUT2D eigenvalue weighted by Crippen LogP contribution is -2.37. The molecule has 2 unspecified atom stereocenters. The minimum absolute atomic E-state index is 0. The van der Waals surface area contributed by atoms with Gasteiger partial charge < -0.3 is 9.13 Å². The predicted octanol–water partition coefficient (Wildman–Crippen LogP) is 7.80. The molecule has 0 aliphatic heterocycles. The number of rotatable bonds is 16. The maximum atomic E-state index is 12.5. The van der Waals surface area contributed by atoms with Gasteiger partial charge in [-0.2, -0.15) is 0 Å². The molecule has 0 amide bonds. The first kappa shape index (κ1) is 45.3. The van der Waals surface area contributed by atoms with E-state index >= 15 is 0 Å². The van der Waals surface area contributed by atoms with E-state index in [1.54, 1.807) is 36.3 Å². The highest BCUT2D eigenvalue weighted by Crippen LogP contribution is 2.37. The van der Waals surface area contributed by atoms with E-state index in [9.17, 15) is 19.2 Å². The van der Waals surface area contributed by atoms with Crippen LogP contribution in [0.15, 0.2) is 67.7 Å². The fourth-order valence-electron chi connectivity index (χ4n) is 9.87. The Balaban J connectivity index is 0.000000201. The summed E-state index contributed by atoms with van der Waals surface area (Å²) in [5.74, 6) is 3.28. The second-order valence-electron chi connectivity index (χ2n) is 17.4. The zero-order valence-electron chi connectivity index (χ0n) is 36.7. The lowest BCUT2D eigenvalue weighted by atomic mass is 9.94. The van der Waals surface area contributed by atoms with E-state index in [0.29, 0.717) is 22.3 Å². The largest absolute Gasteiger partial charge is 0.332 e. The summed E-state index contributed by atoms with van der Waals surface area (Å²) in [4.78, 5) is 58.4. The zero-order valence-corrected chi connectivity index (χ0v) is 36.7. The number of aromatic nitrogens is 8. The Labute approximate surface area is 359 Å². The summed E-state index contributed by atoms with van der Waals surface area (Å²) >= 11 is 0. The van der Waals surface area contributed by atoms with Gasteiger partial charge in [-0.15, -0.1) is 0 Å². The molecule has 0 N–H and O–H groups in total. The van der Waals surface area contributed by atoms with Crippen LogP contribution in [0.5, 0.6) is 0 Å². The van der Waals surface area contributed by atoms with E-state index < -0.39 is 0 Å². The van der Waals surface area contributed by atoms with Crippen molar-refractivity contribution in [2.24, 2.45) is 42.3 Å². The Hall–Kier alpha value is -5.26. The predicted molar refractivity (Wildman–Crippen MR) is 247 cm³/mol. The van der Waals surface area contributed by atoms with Crippen LogP contribution in [0.1, 0.15) is 143 Å². The molecule has 328 valence electrons. The van der Waals surface area contributed by atoms with E-state index in [0.717, 1.165) is 58.3 Å². The molecule has 0 bridgehead atoms. The molecule has 6 aromatic rings. The number of hydrogen-bond donors (Lipinski definition) is 0. The second kappa shape index (κ2) is 20.1. The number of fused-ring (bicyclic) bond motifs is 4. The van der Waals surface area contributed by atoms with Crippen molar-refractivity contribution < 1.29 is 0 Å². The van der Waals surface area contributed by atoms with Gasteiger partial charge in [0.15, 0.2) is 22.3 Å². The number of aryl methyl sites for hydroxylation is 8. The van der Waals surface area contributed by atoms with Crippen LogP contribution in [-0.4, -0.2) is 37.4 Å². The summed E-state index contributed by atoms with van der Waals surface area (Å²) in [5.41, 5.74) is 7.04. The van der Waals surface area contributed by atoms with Gasteiger partial charge in [-0.1, -0.05) is 107 Å². The molecule has 0 saturated heterocycles. The third-order valence-corrected chi connectivity index (χ3v) is 13.6. The van der Waals surface area contributed by atoms with Crippen LogP contribution in [0.25, 0.3) is 22.3 Å². The lowest BCUT2D eigenvalue weighted by Gasteiger charge is -2.11. The molecule has 8 rings (SSSR count). The Kier molecular flexibility index (Phi) is 14.9. The number of hydrogen-bond acceptors (Lipinski definition) is 6. The van der Waals surface area contributed by atoms with E-state index in [2.05, 4.69) is 58.5 Å². The topological polar surface area (TPSA) is 124 Å². The summed E-state index contributed by atoms with van der Waals surface area (Å²) in [6.07, 6.45) is 21.4. The molecule has 0 spiro atoms. The van der Waals surface area contributed by atoms with Gasteiger partial charge in [-0.25, -0.2) is 19.6 Å². The van der Waals surface area contributed by atoms with Gasteiger partial charge in [0.2, 0.25) is 0 Å². The first-order valence-electron chi connectivity index (χ1n) is 22.4. The van der Waals surface area contributed by atoms with Crippen molar-refractivity contribution in [3.63, 3.8) is 0 Å². The van der Waals surface area contributed by atoms with Gasteiger partial charge in [0.1, 0.15) is 11.6 Å². The molecular weight excluding hydrogens is 765 g/mol. The van der Waals surface area contributed by atoms with Gasteiger partial charge in [0.25, 0.3) is 11.1 Å². The van der Waals surface area contributed by atoms with E-state index in [-0.39, 0.29) is 29.9 Å². The minimum Gasteiger partial charge on any atom is -0.325 e. The molecule has 4 heterocycles. The third-order valence-electron chi connectivity index (χ3n) is 13.6. The molecule has 2 aromatic carbocycles. The number of unbranched alkanes of at least 4 members (excludes halogenated alkanes) is 8. The molecular formula is C49H68N8O4. The van der Waals surface area contributed by atoms with Crippen LogP contribution < -0.4 is 22.5 Å². The SMILES string of the molecule is C.Cn1c(=O)c2c(nc(CCCCCCCC3CCc4ccccc43)n2C)n(C)c1=O.Cn1c(=O)c2c(nc(CCCCCCCC3CCc4ccccc43)n2C)n(C)c1=O. The Morgan fingerprint density at radius 3 is 1.25 bits per heavy atom. The lowest BCUT2D eigenvalue weighted by molar-refractivity contribution is 0.535. The van der Waals surface area contributed by atoms with E-state index in [4.69, 9.17) is 0 Å². The second-order valence-corrected chi connectivity index (χ2v) is 17.4. The van der Waals surface area contributed by atoms with Crippen molar-refractivity contribution in [1.29, 1.82) is 0 Å².